The van der Waals surface area contributed by atoms with Crippen molar-refractivity contribution in [3.63, 3.8) is 0 Å². The van der Waals surface area contributed by atoms with E-state index in [2.05, 4.69) is 20.3 Å². The average molecular weight is 241 g/mol. The maximum Gasteiger partial charge on any atom is 0.408 e. The van der Waals surface area contributed by atoms with Crippen molar-refractivity contribution in [2.24, 2.45) is 0 Å². The molecule has 0 bridgehead atoms. The number of nitrogens with one attached hydrogen (secondary N) is 2. The Labute approximate surface area is 98.5 Å². The molecule has 0 radical (unpaired) electrons. The molecule has 1 aromatic heterocycles. The second-order valence-electron chi connectivity index (χ2n) is 4.28. The minimum atomic E-state index is -0.648. The minimum Gasteiger partial charge on any atom is -0.444 e. The number of alkyl carbamates (subject to hydrolysis) is 1. The van der Waals surface area contributed by atoms with E-state index in [9.17, 15) is 9.59 Å². The van der Waals surface area contributed by atoms with E-state index in [4.69, 9.17) is 4.74 Å². The molecule has 1 rings (SSSR count). The predicted octanol–water partition coefficient (Wildman–Crippen LogP) is 1.14. The van der Waals surface area contributed by atoms with Crippen LogP contribution < -0.4 is 10.6 Å². The highest BCUT2D eigenvalue weighted by atomic mass is 16.6. The van der Waals surface area contributed by atoms with Crippen molar-refractivity contribution in [1.29, 1.82) is 0 Å². The topological polar surface area (TPSA) is 93.5 Å². The zero-order valence-corrected chi connectivity index (χ0v) is 9.94. The molecular weight excluding hydrogens is 226 g/mol. The van der Waals surface area contributed by atoms with Crippen LogP contribution >= 0.6 is 0 Å². The van der Waals surface area contributed by atoms with E-state index < -0.39 is 17.6 Å². The van der Waals surface area contributed by atoms with Gasteiger partial charge in [-0.1, -0.05) is 5.16 Å². The number of aromatic nitrogens is 1. The van der Waals surface area contributed by atoms with Gasteiger partial charge in [-0.2, -0.15) is 0 Å². The Kier molecular flexibility index (Phi) is 4.08. The van der Waals surface area contributed by atoms with Crippen LogP contribution in [0.1, 0.15) is 20.8 Å². The van der Waals surface area contributed by atoms with Gasteiger partial charge in [-0.3, -0.25) is 10.1 Å². The number of ether oxygens (including phenoxy) is 1. The standard InChI is InChI=1S/C10H15N3O4/c1-10(2,3)16-9(15)11-6-7(14)13-8-4-5-12-17-8/h4-5H,6H2,1-3H3,(H,11,15)(H,13,14). The molecule has 17 heavy (non-hydrogen) atoms. The molecule has 1 aromatic rings. The minimum absolute atomic E-state index is 0.199. The van der Waals surface area contributed by atoms with Crippen molar-refractivity contribution in [2.75, 3.05) is 11.9 Å². The fourth-order valence-corrected chi connectivity index (χ4v) is 0.928. The molecule has 0 saturated heterocycles. The summed E-state index contributed by atoms with van der Waals surface area (Å²) in [6.45, 7) is 5.01. The van der Waals surface area contributed by atoms with Gasteiger partial charge in [0.1, 0.15) is 12.1 Å². The van der Waals surface area contributed by atoms with Crippen molar-refractivity contribution < 1.29 is 18.8 Å². The number of rotatable bonds is 3. The van der Waals surface area contributed by atoms with Crippen molar-refractivity contribution >= 4 is 17.9 Å². The van der Waals surface area contributed by atoms with Crippen LogP contribution in [-0.4, -0.2) is 29.3 Å². The molecule has 0 fully saturated rings. The van der Waals surface area contributed by atoms with Crippen LogP contribution in [0.5, 0.6) is 0 Å². The first kappa shape index (κ1) is 13.0. The number of hydrogen-bond acceptors (Lipinski definition) is 5. The van der Waals surface area contributed by atoms with Crippen LogP contribution in [0, 0.1) is 0 Å². The summed E-state index contributed by atoms with van der Waals surface area (Å²) in [5, 5.41) is 8.14. The zero-order valence-electron chi connectivity index (χ0n) is 9.94. The highest BCUT2D eigenvalue weighted by Crippen LogP contribution is 2.06. The quantitative estimate of drug-likeness (QED) is 0.827. The van der Waals surface area contributed by atoms with E-state index in [1.54, 1.807) is 20.8 Å². The Morgan fingerprint density at radius 2 is 2.18 bits per heavy atom. The summed E-state index contributed by atoms with van der Waals surface area (Å²) in [6.07, 6.45) is 0.752. The van der Waals surface area contributed by atoms with Crippen LogP contribution in [0.15, 0.2) is 16.8 Å². The molecule has 0 unspecified atom stereocenters. The van der Waals surface area contributed by atoms with Crippen molar-refractivity contribution in [1.82, 2.24) is 10.5 Å². The van der Waals surface area contributed by atoms with Crippen molar-refractivity contribution in [3.8, 4) is 0 Å². The Bertz CT molecular complexity index is 381. The second-order valence-corrected chi connectivity index (χ2v) is 4.28. The lowest BCUT2D eigenvalue weighted by atomic mass is 10.2. The fraction of sp³-hybridized carbons (Fsp3) is 0.500. The van der Waals surface area contributed by atoms with Gasteiger partial charge < -0.3 is 14.6 Å². The molecule has 0 atom stereocenters. The Morgan fingerprint density at radius 3 is 2.71 bits per heavy atom. The third-order valence-corrected chi connectivity index (χ3v) is 1.49. The normalized spacial score (nSPS) is 10.8. The average Bonchev–Trinajstić information content (AvgIpc) is 2.64. The van der Waals surface area contributed by atoms with Gasteiger partial charge >= 0.3 is 6.09 Å². The number of carbonyl (C=O) groups excluding carboxylic acids is 2. The summed E-state index contributed by atoms with van der Waals surface area (Å²) in [6, 6.07) is 1.49. The lowest BCUT2D eigenvalue weighted by molar-refractivity contribution is -0.115. The van der Waals surface area contributed by atoms with Crippen molar-refractivity contribution in [3.05, 3.63) is 12.3 Å². The van der Waals surface area contributed by atoms with Crippen LogP contribution in [0.25, 0.3) is 0 Å². The molecule has 2 amide bonds. The number of amides is 2. The Hall–Kier alpha value is -2.05. The first-order chi connectivity index (χ1) is 7.87. The van der Waals surface area contributed by atoms with Crippen LogP contribution in [0.3, 0.4) is 0 Å². The van der Waals surface area contributed by atoms with Crippen LogP contribution in [0.4, 0.5) is 10.7 Å². The van der Waals surface area contributed by atoms with Crippen molar-refractivity contribution in [2.45, 2.75) is 26.4 Å². The highest BCUT2D eigenvalue weighted by Gasteiger charge is 2.16. The van der Waals surface area contributed by atoms with Gasteiger partial charge in [0.25, 0.3) is 0 Å². The number of carbonyl (C=O) groups is 2. The van der Waals surface area contributed by atoms with E-state index in [0.29, 0.717) is 0 Å². The monoisotopic (exact) mass is 241 g/mol. The van der Waals surface area contributed by atoms with E-state index in [-0.39, 0.29) is 12.4 Å². The number of hydrogen-bond donors (Lipinski definition) is 2. The molecule has 7 nitrogen and oxygen atoms in total. The van der Waals surface area contributed by atoms with E-state index >= 15 is 0 Å². The molecule has 0 saturated carbocycles. The molecule has 0 aromatic carbocycles. The number of anilines is 1. The first-order valence-corrected chi connectivity index (χ1v) is 5.04. The molecule has 2 N–H and O–H groups in total. The second kappa shape index (κ2) is 5.33. The van der Waals surface area contributed by atoms with Gasteiger partial charge in [0.05, 0.1) is 6.20 Å². The first-order valence-electron chi connectivity index (χ1n) is 5.04. The fourth-order valence-electron chi connectivity index (χ4n) is 0.928. The molecule has 7 heteroatoms. The molecule has 94 valence electrons. The van der Waals surface area contributed by atoms with Gasteiger partial charge in [0.2, 0.25) is 11.8 Å². The SMILES string of the molecule is CC(C)(C)OC(=O)NCC(=O)Nc1ccno1. The third-order valence-electron chi connectivity index (χ3n) is 1.49. The van der Waals surface area contributed by atoms with E-state index in [0.717, 1.165) is 0 Å². The Balaban J connectivity index is 2.26. The summed E-state index contributed by atoms with van der Waals surface area (Å²) < 4.78 is 9.62. The van der Waals surface area contributed by atoms with Gasteiger partial charge in [-0.05, 0) is 20.8 Å². The lowest BCUT2D eigenvalue weighted by Gasteiger charge is -2.19. The largest absolute Gasteiger partial charge is 0.444 e. The number of nitrogens with zero attached hydrogens (tertiary/aromatic N) is 1. The molecule has 0 aliphatic heterocycles. The van der Waals surface area contributed by atoms with E-state index in [1.165, 1.54) is 12.3 Å². The highest BCUT2D eigenvalue weighted by molar-refractivity contribution is 5.92. The maximum atomic E-state index is 11.3. The molecule has 0 aliphatic rings. The third kappa shape index (κ3) is 5.55. The molecule has 1 heterocycles. The summed E-state index contributed by atoms with van der Waals surface area (Å²) in [7, 11) is 0. The Morgan fingerprint density at radius 1 is 1.47 bits per heavy atom. The summed E-state index contributed by atoms with van der Waals surface area (Å²) in [4.78, 5) is 22.5. The molecular formula is C10H15N3O4. The summed E-state index contributed by atoms with van der Waals surface area (Å²) >= 11 is 0. The maximum absolute atomic E-state index is 11.3. The van der Waals surface area contributed by atoms with Crippen LogP contribution in [-0.2, 0) is 9.53 Å². The van der Waals surface area contributed by atoms with Gasteiger partial charge in [-0.25, -0.2) is 4.79 Å². The zero-order chi connectivity index (χ0) is 12.9. The van der Waals surface area contributed by atoms with Gasteiger partial charge in [0, 0.05) is 6.07 Å². The molecule has 0 aliphatic carbocycles. The lowest BCUT2D eigenvalue weighted by Crippen LogP contribution is -2.37. The molecule has 0 spiro atoms. The smallest absolute Gasteiger partial charge is 0.408 e. The van der Waals surface area contributed by atoms with Crippen LogP contribution in [0.2, 0.25) is 0 Å². The summed E-state index contributed by atoms with van der Waals surface area (Å²) in [5.41, 5.74) is -0.592. The van der Waals surface area contributed by atoms with Gasteiger partial charge in [0.15, 0.2) is 0 Å². The van der Waals surface area contributed by atoms with Gasteiger partial charge in [-0.15, -0.1) is 0 Å². The predicted molar refractivity (Wildman–Crippen MR) is 59.4 cm³/mol. The summed E-state index contributed by atoms with van der Waals surface area (Å²) in [5.74, 6) is -0.200. The van der Waals surface area contributed by atoms with E-state index in [1.807, 2.05) is 0 Å².